The molecule has 2 nitrogen and oxygen atoms in total. The van der Waals surface area contributed by atoms with Gasteiger partial charge in [0.1, 0.15) is 0 Å². The summed E-state index contributed by atoms with van der Waals surface area (Å²) in [5.74, 6) is 0. The second-order valence-electron chi connectivity index (χ2n) is 3.50. The highest BCUT2D eigenvalue weighted by molar-refractivity contribution is 4.78. The Kier molecular flexibility index (Phi) is 3.91. The zero-order valence-electron chi connectivity index (χ0n) is 7.44. The van der Waals surface area contributed by atoms with Crippen LogP contribution in [0.4, 0.5) is 0 Å². The monoisotopic (exact) mass is 145 g/mol. The van der Waals surface area contributed by atoms with Gasteiger partial charge < -0.3 is 10.4 Å². The number of hydrogen-bond donors (Lipinski definition) is 2. The van der Waals surface area contributed by atoms with E-state index in [0.29, 0.717) is 6.04 Å². The molecule has 0 radical (unpaired) electrons. The van der Waals surface area contributed by atoms with E-state index >= 15 is 0 Å². The first-order valence-electron chi connectivity index (χ1n) is 3.90. The first-order chi connectivity index (χ1) is 4.52. The average Bonchev–Trinajstić information content (AvgIpc) is 1.87. The van der Waals surface area contributed by atoms with Crippen LogP contribution >= 0.6 is 0 Å². The van der Waals surface area contributed by atoms with Crippen LogP contribution < -0.4 is 5.32 Å². The van der Waals surface area contributed by atoms with Crippen molar-refractivity contribution in [1.29, 1.82) is 0 Å². The molecule has 0 rings (SSSR count). The quantitative estimate of drug-likeness (QED) is 0.622. The van der Waals surface area contributed by atoms with Crippen molar-refractivity contribution in [3.8, 4) is 0 Å². The van der Waals surface area contributed by atoms with Gasteiger partial charge in [-0.3, -0.25) is 0 Å². The molecule has 0 spiro atoms. The summed E-state index contributed by atoms with van der Waals surface area (Å²) in [7, 11) is 0. The molecular weight excluding hydrogens is 126 g/mol. The largest absolute Gasteiger partial charge is 0.394 e. The highest BCUT2D eigenvalue weighted by atomic mass is 16.3. The van der Waals surface area contributed by atoms with Crippen LogP contribution in [0.15, 0.2) is 0 Å². The van der Waals surface area contributed by atoms with Crippen molar-refractivity contribution in [2.45, 2.75) is 45.7 Å². The van der Waals surface area contributed by atoms with Crippen LogP contribution in [0, 0.1) is 0 Å². The minimum atomic E-state index is -0.130. The highest BCUT2D eigenvalue weighted by Crippen LogP contribution is 2.02. The molecule has 0 bridgehead atoms. The zero-order valence-corrected chi connectivity index (χ0v) is 7.44. The summed E-state index contributed by atoms with van der Waals surface area (Å²) >= 11 is 0. The van der Waals surface area contributed by atoms with Crippen molar-refractivity contribution >= 4 is 0 Å². The number of aliphatic hydroxyl groups excluding tert-OH is 1. The van der Waals surface area contributed by atoms with E-state index in [-0.39, 0.29) is 12.1 Å². The SMILES string of the molecule is CCC(C)NC(C)(C)CO. The summed E-state index contributed by atoms with van der Waals surface area (Å²) in [5.41, 5.74) is -0.130. The molecule has 0 amide bonds. The number of nitrogens with one attached hydrogen (secondary N) is 1. The third kappa shape index (κ3) is 3.85. The van der Waals surface area contributed by atoms with Gasteiger partial charge in [-0.1, -0.05) is 6.92 Å². The third-order valence-electron chi connectivity index (χ3n) is 1.64. The Balaban J connectivity index is 3.64. The molecule has 0 saturated heterocycles. The van der Waals surface area contributed by atoms with Crippen molar-refractivity contribution in [3.63, 3.8) is 0 Å². The maximum Gasteiger partial charge on any atom is 0.0607 e. The Morgan fingerprint density at radius 2 is 2.00 bits per heavy atom. The molecule has 0 aliphatic rings. The Labute approximate surface area is 63.6 Å². The highest BCUT2D eigenvalue weighted by Gasteiger charge is 2.16. The van der Waals surface area contributed by atoms with Crippen molar-refractivity contribution in [3.05, 3.63) is 0 Å². The lowest BCUT2D eigenvalue weighted by Crippen LogP contribution is -2.47. The van der Waals surface area contributed by atoms with Crippen LogP contribution in [0.1, 0.15) is 34.1 Å². The van der Waals surface area contributed by atoms with E-state index < -0.39 is 0 Å². The fourth-order valence-electron chi connectivity index (χ4n) is 0.815. The molecule has 1 unspecified atom stereocenters. The van der Waals surface area contributed by atoms with Crippen LogP contribution in [0.2, 0.25) is 0 Å². The average molecular weight is 145 g/mol. The topological polar surface area (TPSA) is 32.3 Å². The first-order valence-corrected chi connectivity index (χ1v) is 3.90. The van der Waals surface area contributed by atoms with E-state index in [4.69, 9.17) is 5.11 Å². The van der Waals surface area contributed by atoms with E-state index in [1.165, 1.54) is 0 Å². The van der Waals surface area contributed by atoms with Gasteiger partial charge in [-0.25, -0.2) is 0 Å². The molecule has 0 heterocycles. The Morgan fingerprint density at radius 1 is 1.50 bits per heavy atom. The molecular formula is C8H19NO. The van der Waals surface area contributed by atoms with Gasteiger partial charge in [-0.2, -0.15) is 0 Å². The predicted molar refractivity (Wildman–Crippen MR) is 44.1 cm³/mol. The van der Waals surface area contributed by atoms with Crippen molar-refractivity contribution in [2.24, 2.45) is 0 Å². The van der Waals surface area contributed by atoms with Gasteiger partial charge in [-0.05, 0) is 27.2 Å². The Morgan fingerprint density at radius 3 is 2.30 bits per heavy atom. The summed E-state index contributed by atoms with van der Waals surface area (Å²) < 4.78 is 0. The summed E-state index contributed by atoms with van der Waals surface area (Å²) in [5, 5.41) is 12.2. The van der Waals surface area contributed by atoms with Crippen LogP contribution in [0.25, 0.3) is 0 Å². The Hall–Kier alpha value is -0.0800. The van der Waals surface area contributed by atoms with Crippen LogP contribution in [-0.2, 0) is 0 Å². The molecule has 0 aliphatic heterocycles. The molecule has 0 fully saturated rings. The standard InChI is InChI=1S/C8H19NO/c1-5-7(2)9-8(3,4)6-10/h7,9-10H,5-6H2,1-4H3. The van der Waals surface area contributed by atoms with Gasteiger partial charge in [0.25, 0.3) is 0 Å². The molecule has 0 aromatic carbocycles. The zero-order chi connectivity index (χ0) is 8.20. The maximum atomic E-state index is 8.88. The fourth-order valence-corrected chi connectivity index (χ4v) is 0.815. The van der Waals surface area contributed by atoms with E-state index in [1.54, 1.807) is 0 Å². The molecule has 62 valence electrons. The third-order valence-corrected chi connectivity index (χ3v) is 1.64. The molecule has 0 aromatic rings. The maximum absolute atomic E-state index is 8.88. The molecule has 2 heteroatoms. The number of rotatable bonds is 4. The van der Waals surface area contributed by atoms with E-state index in [2.05, 4.69) is 19.2 Å². The molecule has 1 atom stereocenters. The lowest BCUT2D eigenvalue weighted by atomic mass is 10.1. The van der Waals surface area contributed by atoms with Crippen molar-refractivity contribution < 1.29 is 5.11 Å². The predicted octanol–water partition coefficient (Wildman–Crippen LogP) is 1.15. The lowest BCUT2D eigenvalue weighted by molar-refractivity contribution is 0.176. The molecule has 0 aliphatic carbocycles. The minimum absolute atomic E-state index is 0.130. The van der Waals surface area contributed by atoms with Gasteiger partial charge in [-0.15, -0.1) is 0 Å². The lowest BCUT2D eigenvalue weighted by Gasteiger charge is -2.27. The first kappa shape index (κ1) is 9.92. The summed E-state index contributed by atoms with van der Waals surface area (Å²) in [4.78, 5) is 0. The smallest absolute Gasteiger partial charge is 0.0607 e. The summed E-state index contributed by atoms with van der Waals surface area (Å²) in [6, 6.07) is 0.488. The second kappa shape index (κ2) is 3.94. The summed E-state index contributed by atoms with van der Waals surface area (Å²) in [6.07, 6.45) is 1.10. The normalized spacial score (nSPS) is 15.3. The van der Waals surface area contributed by atoms with Gasteiger partial charge in [0.15, 0.2) is 0 Å². The van der Waals surface area contributed by atoms with Gasteiger partial charge in [0, 0.05) is 11.6 Å². The van der Waals surface area contributed by atoms with Gasteiger partial charge in [0.2, 0.25) is 0 Å². The second-order valence-corrected chi connectivity index (χ2v) is 3.50. The van der Waals surface area contributed by atoms with Crippen LogP contribution in [0.3, 0.4) is 0 Å². The molecule has 10 heavy (non-hydrogen) atoms. The van der Waals surface area contributed by atoms with Crippen LogP contribution in [-0.4, -0.2) is 23.3 Å². The fraction of sp³-hybridized carbons (Fsp3) is 1.00. The van der Waals surface area contributed by atoms with E-state index in [0.717, 1.165) is 6.42 Å². The summed E-state index contributed by atoms with van der Waals surface area (Å²) in [6.45, 7) is 8.44. The van der Waals surface area contributed by atoms with Crippen molar-refractivity contribution in [2.75, 3.05) is 6.61 Å². The van der Waals surface area contributed by atoms with E-state index in [9.17, 15) is 0 Å². The Bertz CT molecular complexity index is 91.3. The van der Waals surface area contributed by atoms with Crippen molar-refractivity contribution in [1.82, 2.24) is 5.32 Å². The van der Waals surface area contributed by atoms with Gasteiger partial charge >= 0.3 is 0 Å². The van der Waals surface area contributed by atoms with E-state index in [1.807, 2.05) is 13.8 Å². The minimum Gasteiger partial charge on any atom is -0.394 e. The van der Waals surface area contributed by atoms with Gasteiger partial charge in [0.05, 0.1) is 6.61 Å². The molecule has 0 saturated carbocycles. The molecule has 0 aromatic heterocycles. The molecule has 2 N–H and O–H groups in total. The van der Waals surface area contributed by atoms with Crippen LogP contribution in [0.5, 0.6) is 0 Å². The number of hydrogen-bond acceptors (Lipinski definition) is 2. The number of aliphatic hydroxyl groups is 1.